The summed E-state index contributed by atoms with van der Waals surface area (Å²) in [6.07, 6.45) is 1.73. The molecule has 0 aliphatic rings. The highest BCUT2D eigenvalue weighted by Crippen LogP contribution is 2.22. The Kier molecular flexibility index (Phi) is 6.63. The zero-order chi connectivity index (χ0) is 18.2. The van der Waals surface area contributed by atoms with Crippen molar-refractivity contribution in [3.05, 3.63) is 66.2 Å². The smallest absolute Gasteiger partial charge is 0.265 e. The van der Waals surface area contributed by atoms with Crippen molar-refractivity contribution in [3.63, 3.8) is 0 Å². The molecular weight excluding hydrogens is 314 g/mol. The van der Waals surface area contributed by atoms with E-state index in [2.05, 4.69) is 11.9 Å². The van der Waals surface area contributed by atoms with Crippen LogP contribution in [-0.4, -0.2) is 18.6 Å². The minimum absolute atomic E-state index is 0.164. The van der Waals surface area contributed by atoms with Crippen LogP contribution in [0.2, 0.25) is 0 Å². The Morgan fingerprint density at radius 3 is 2.56 bits per heavy atom. The molecule has 0 aliphatic heterocycles. The van der Waals surface area contributed by atoms with Gasteiger partial charge in [-0.1, -0.05) is 31.7 Å². The first-order valence-corrected chi connectivity index (χ1v) is 8.42. The number of carbonyl (C=O) groups excluding carboxylic acids is 1. The van der Waals surface area contributed by atoms with Gasteiger partial charge in [-0.25, -0.2) is 0 Å². The highest BCUT2D eigenvalue weighted by Gasteiger charge is 2.19. The molecular formula is C21H25NO3. The number of anilines is 1. The average molecular weight is 339 g/mol. The van der Waals surface area contributed by atoms with Crippen molar-refractivity contribution < 1.29 is 14.3 Å². The number of aryl methyl sites for hydroxylation is 2. The van der Waals surface area contributed by atoms with Gasteiger partial charge >= 0.3 is 0 Å². The van der Waals surface area contributed by atoms with Crippen LogP contribution in [0, 0.1) is 13.8 Å². The number of ether oxygens (including phenoxy) is 2. The molecule has 2 rings (SSSR count). The van der Waals surface area contributed by atoms with E-state index in [0.29, 0.717) is 18.7 Å². The summed E-state index contributed by atoms with van der Waals surface area (Å²) in [7, 11) is 0. The largest absolute Gasteiger partial charge is 0.490 e. The number of rotatable bonds is 8. The van der Waals surface area contributed by atoms with E-state index in [1.54, 1.807) is 18.2 Å². The Morgan fingerprint density at radius 1 is 1.20 bits per heavy atom. The lowest BCUT2D eigenvalue weighted by atomic mass is 10.1. The third-order valence-electron chi connectivity index (χ3n) is 3.77. The topological polar surface area (TPSA) is 47.6 Å². The summed E-state index contributed by atoms with van der Waals surface area (Å²) in [5, 5.41) is 2.89. The summed E-state index contributed by atoms with van der Waals surface area (Å²) in [4.78, 5) is 12.5. The van der Waals surface area contributed by atoms with Crippen LogP contribution in [0.25, 0.3) is 0 Å². The molecule has 2 aromatic carbocycles. The number of hydrogen-bond acceptors (Lipinski definition) is 3. The molecule has 0 heterocycles. The Morgan fingerprint density at radius 2 is 1.92 bits per heavy atom. The van der Waals surface area contributed by atoms with E-state index in [-0.39, 0.29) is 5.91 Å². The quantitative estimate of drug-likeness (QED) is 0.711. The summed E-state index contributed by atoms with van der Waals surface area (Å²) >= 11 is 0. The van der Waals surface area contributed by atoms with Crippen LogP contribution >= 0.6 is 0 Å². The van der Waals surface area contributed by atoms with E-state index in [0.717, 1.165) is 22.6 Å². The standard InChI is InChI=1S/C21H25NO3/c1-5-13-24-18-11-9-17(10-12-18)22-21(23)19(6-2)25-20-14-15(3)7-8-16(20)4/h5,7-12,14,19H,1,6,13H2,2-4H3,(H,22,23)/t19-/m0/s1. The Labute approximate surface area is 149 Å². The molecule has 25 heavy (non-hydrogen) atoms. The van der Waals surface area contributed by atoms with Gasteiger partial charge in [0.15, 0.2) is 6.10 Å². The van der Waals surface area contributed by atoms with Gasteiger partial charge in [0.2, 0.25) is 0 Å². The van der Waals surface area contributed by atoms with Gasteiger partial charge in [0.05, 0.1) is 0 Å². The van der Waals surface area contributed by atoms with Gasteiger partial charge in [-0.3, -0.25) is 4.79 Å². The monoisotopic (exact) mass is 339 g/mol. The molecule has 4 heteroatoms. The number of carbonyl (C=O) groups is 1. The first-order chi connectivity index (χ1) is 12.0. The molecule has 0 saturated heterocycles. The maximum atomic E-state index is 12.5. The number of nitrogens with one attached hydrogen (secondary N) is 1. The van der Waals surface area contributed by atoms with Gasteiger partial charge < -0.3 is 14.8 Å². The van der Waals surface area contributed by atoms with E-state index in [1.807, 2.05) is 51.1 Å². The van der Waals surface area contributed by atoms with Crippen molar-refractivity contribution in [1.29, 1.82) is 0 Å². The zero-order valence-corrected chi connectivity index (χ0v) is 15.0. The molecule has 1 amide bonds. The fourth-order valence-electron chi connectivity index (χ4n) is 2.32. The molecule has 0 fully saturated rings. The highest BCUT2D eigenvalue weighted by molar-refractivity contribution is 5.94. The molecule has 1 N–H and O–H groups in total. The van der Waals surface area contributed by atoms with Gasteiger partial charge in [0, 0.05) is 5.69 Å². The summed E-state index contributed by atoms with van der Waals surface area (Å²) < 4.78 is 11.4. The molecule has 0 bridgehead atoms. The third-order valence-corrected chi connectivity index (χ3v) is 3.77. The van der Waals surface area contributed by atoms with E-state index >= 15 is 0 Å². The molecule has 0 radical (unpaired) electrons. The molecule has 0 aromatic heterocycles. The van der Waals surface area contributed by atoms with Crippen molar-refractivity contribution in [2.75, 3.05) is 11.9 Å². The lowest BCUT2D eigenvalue weighted by Gasteiger charge is -2.19. The van der Waals surface area contributed by atoms with Gasteiger partial charge in [0.25, 0.3) is 5.91 Å². The normalized spacial score (nSPS) is 11.5. The van der Waals surface area contributed by atoms with E-state index < -0.39 is 6.10 Å². The van der Waals surface area contributed by atoms with Crippen molar-refractivity contribution in [3.8, 4) is 11.5 Å². The Balaban J connectivity index is 2.01. The predicted molar refractivity (Wildman–Crippen MR) is 101 cm³/mol. The molecule has 0 aliphatic carbocycles. The zero-order valence-electron chi connectivity index (χ0n) is 15.0. The predicted octanol–water partition coefficient (Wildman–Crippen LogP) is 4.66. The summed E-state index contributed by atoms with van der Waals surface area (Å²) in [5.74, 6) is 1.31. The number of amides is 1. The fraction of sp³-hybridized carbons (Fsp3) is 0.286. The Hall–Kier alpha value is -2.75. The van der Waals surface area contributed by atoms with Crippen LogP contribution in [0.1, 0.15) is 24.5 Å². The van der Waals surface area contributed by atoms with Crippen LogP contribution in [-0.2, 0) is 4.79 Å². The minimum atomic E-state index is -0.544. The second-order valence-electron chi connectivity index (χ2n) is 5.90. The SMILES string of the molecule is C=CCOc1ccc(NC(=O)[C@H](CC)Oc2cc(C)ccc2C)cc1. The summed E-state index contributed by atoms with van der Waals surface area (Å²) in [5.41, 5.74) is 2.82. The summed E-state index contributed by atoms with van der Waals surface area (Å²) in [6.45, 7) is 9.97. The van der Waals surface area contributed by atoms with Gasteiger partial charge in [0.1, 0.15) is 18.1 Å². The molecule has 0 saturated carbocycles. The van der Waals surface area contributed by atoms with Crippen LogP contribution in [0.3, 0.4) is 0 Å². The lowest BCUT2D eigenvalue weighted by Crippen LogP contribution is -2.32. The van der Waals surface area contributed by atoms with Crippen LogP contribution in [0.5, 0.6) is 11.5 Å². The van der Waals surface area contributed by atoms with Gasteiger partial charge in [-0.15, -0.1) is 0 Å². The number of benzene rings is 2. The molecule has 4 nitrogen and oxygen atoms in total. The fourth-order valence-corrected chi connectivity index (χ4v) is 2.32. The highest BCUT2D eigenvalue weighted by atomic mass is 16.5. The summed E-state index contributed by atoms with van der Waals surface area (Å²) in [6, 6.07) is 13.2. The molecule has 0 spiro atoms. The van der Waals surface area contributed by atoms with E-state index in [4.69, 9.17) is 9.47 Å². The second-order valence-corrected chi connectivity index (χ2v) is 5.90. The van der Waals surface area contributed by atoms with Crippen molar-refractivity contribution in [1.82, 2.24) is 0 Å². The van der Waals surface area contributed by atoms with Crippen molar-refractivity contribution >= 4 is 11.6 Å². The van der Waals surface area contributed by atoms with Gasteiger partial charge in [-0.2, -0.15) is 0 Å². The second kappa shape index (κ2) is 8.92. The Bertz CT molecular complexity index is 722. The lowest BCUT2D eigenvalue weighted by molar-refractivity contribution is -0.122. The van der Waals surface area contributed by atoms with Crippen molar-refractivity contribution in [2.24, 2.45) is 0 Å². The van der Waals surface area contributed by atoms with Crippen LogP contribution in [0.4, 0.5) is 5.69 Å². The van der Waals surface area contributed by atoms with Crippen LogP contribution in [0.15, 0.2) is 55.1 Å². The first-order valence-electron chi connectivity index (χ1n) is 8.42. The minimum Gasteiger partial charge on any atom is -0.490 e. The average Bonchev–Trinajstić information content (AvgIpc) is 2.61. The maximum absolute atomic E-state index is 12.5. The first kappa shape index (κ1) is 18.6. The van der Waals surface area contributed by atoms with Gasteiger partial charge in [-0.05, 0) is 61.7 Å². The molecule has 1 atom stereocenters. The van der Waals surface area contributed by atoms with Crippen LogP contribution < -0.4 is 14.8 Å². The molecule has 0 unspecified atom stereocenters. The van der Waals surface area contributed by atoms with Crippen molar-refractivity contribution in [2.45, 2.75) is 33.3 Å². The number of hydrogen-bond donors (Lipinski definition) is 1. The van der Waals surface area contributed by atoms with E-state index in [1.165, 1.54) is 0 Å². The third kappa shape index (κ3) is 5.38. The molecule has 2 aromatic rings. The maximum Gasteiger partial charge on any atom is 0.265 e. The van der Waals surface area contributed by atoms with E-state index in [9.17, 15) is 4.79 Å². The molecule has 132 valence electrons.